The van der Waals surface area contributed by atoms with Crippen molar-refractivity contribution in [1.29, 1.82) is 0 Å². The Hall–Kier alpha value is -2.70. The van der Waals surface area contributed by atoms with Crippen LogP contribution in [0.25, 0.3) is 0 Å². The molecule has 1 heterocycles. The predicted molar refractivity (Wildman–Crippen MR) is 123 cm³/mol. The summed E-state index contributed by atoms with van der Waals surface area (Å²) < 4.78 is 4.65. The van der Waals surface area contributed by atoms with Gasteiger partial charge in [-0.15, -0.1) is 11.6 Å². The van der Waals surface area contributed by atoms with E-state index in [1.807, 2.05) is 48.5 Å². The number of aliphatic imine (C=N–C) groups is 2. The van der Waals surface area contributed by atoms with E-state index in [9.17, 15) is 4.79 Å². The summed E-state index contributed by atoms with van der Waals surface area (Å²) in [6.07, 6.45) is 1.53. The molecule has 8 heteroatoms. The van der Waals surface area contributed by atoms with Gasteiger partial charge in [-0.3, -0.25) is 15.2 Å². The van der Waals surface area contributed by atoms with Crippen LogP contribution >= 0.6 is 23.2 Å². The molecular weight excluding hydrogens is 423 g/mol. The number of fused-ring (bicyclic) bond motifs is 1. The van der Waals surface area contributed by atoms with E-state index in [1.54, 1.807) is 0 Å². The van der Waals surface area contributed by atoms with Crippen molar-refractivity contribution in [3.8, 4) is 0 Å². The van der Waals surface area contributed by atoms with E-state index in [4.69, 9.17) is 33.2 Å². The zero-order valence-corrected chi connectivity index (χ0v) is 18.1. The number of halogens is 2. The van der Waals surface area contributed by atoms with E-state index in [2.05, 4.69) is 15.3 Å². The van der Waals surface area contributed by atoms with Crippen LogP contribution in [0.5, 0.6) is 0 Å². The number of amidine groups is 1. The second-order valence-corrected chi connectivity index (χ2v) is 7.25. The van der Waals surface area contributed by atoms with Gasteiger partial charge < -0.3 is 4.74 Å². The van der Waals surface area contributed by atoms with Crippen LogP contribution in [0.4, 0.5) is 5.69 Å². The first kappa shape index (κ1) is 22.0. The summed E-state index contributed by atoms with van der Waals surface area (Å²) in [7, 11) is 1.37. The van der Waals surface area contributed by atoms with Crippen molar-refractivity contribution in [1.82, 2.24) is 5.43 Å². The number of carbonyl (C=O) groups is 1. The lowest BCUT2D eigenvalue weighted by Gasteiger charge is -2.09. The van der Waals surface area contributed by atoms with Gasteiger partial charge in [0.15, 0.2) is 0 Å². The molecule has 2 aromatic carbocycles. The number of methoxy groups -OCH3 is 1. The quantitative estimate of drug-likeness (QED) is 0.289. The molecule has 1 aliphatic rings. The largest absolute Gasteiger partial charge is 0.469 e. The summed E-state index contributed by atoms with van der Waals surface area (Å²) in [5, 5.41) is 5.01. The number of alkyl halides is 1. The number of hydrazone groups is 1. The Morgan fingerprint density at radius 1 is 1.13 bits per heavy atom. The van der Waals surface area contributed by atoms with E-state index >= 15 is 0 Å². The highest BCUT2D eigenvalue weighted by molar-refractivity contribution is 6.36. The molecule has 3 rings (SSSR count). The predicted octanol–water partition coefficient (Wildman–Crippen LogP) is 4.75. The minimum atomic E-state index is -0.247. The van der Waals surface area contributed by atoms with Gasteiger partial charge in [-0.1, -0.05) is 48.0 Å². The van der Waals surface area contributed by atoms with Crippen LogP contribution in [-0.2, 0) is 9.53 Å². The molecule has 0 radical (unpaired) electrons. The summed E-state index contributed by atoms with van der Waals surface area (Å²) >= 11 is 12.4. The molecule has 6 nitrogen and oxygen atoms in total. The molecule has 0 atom stereocenters. The van der Waals surface area contributed by atoms with E-state index in [-0.39, 0.29) is 11.8 Å². The number of carbonyl (C=O) groups excluding carboxylic acids is 1. The van der Waals surface area contributed by atoms with Gasteiger partial charge in [-0.05, 0) is 25.0 Å². The lowest BCUT2D eigenvalue weighted by atomic mass is 10.0. The van der Waals surface area contributed by atoms with Gasteiger partial charge in [0.2, 0.25) is 0 Å². The second kappa shape index (κ2) is 10.9. The monoisotopic (exact) mass is 444 g/mol. The first-order valence-electron chi connectivity index (χ1n) is 9.53. The zero-order valence-electron chi connectivity index (χ0n) is 16.6. The Kier molecular flexibility index (Phi) is 7.99. The molecule has 0 spiro atoms. The Labute approximate surface area is 185 Å². The molecule has 0 fully saturated rings. The van der Waals surface area contributed by atoms with Crippen molar-refractivity contribution < 1.29 is 9.53 Å². The third kappa shape index (κ3) is 5.68. The summed E-state index contributed by atoms with van der Waals surface area (Å²) in [5.74, 6) is 0.606. The van der Waals surface area contributed by atoms with Gasteiger partial charge >= 0.3 is 5.97 Å². The number of rotatable bonds is 7. The normalized spacial score (nSPS) is 13.6. The smallest absolute Gasteiger partial charge is 0.305 e. The number of nitrogens with one attached hydrogen (secondary N) is 1. The molecule has 0 amide bonds. The van der Waals surface area contributed by atoms with Crippen LogP contribution in [0.1, 0.15) is 30.4 Å². The highest BCUT2D eigenvalue weighted by atomic mass is 35.5. The summed E-state index contributed by atoms with van der Waals surface area (Å²) in [4.78, 5) is 20.7. The first-order valence-corrected chi connectivity index (χ1v) is 10.4. The summed E-state index contributed by atoms with van der Waals surface area (Å²) in [5.41, 5.74) is 7.05. The molecule has 1 aliphatic heterocycles. The van der Waals surface area contributed by atoms with Crippen LogP contribution < -0.4 is 5.43 Å². The van der Waals surface area contributed by atoms with Gasteiger partial charge in [-0.25, -0.2) is 4.99 Å². The number of hydrogen-bond acceptors (Lipinski definition) is 6. The Morgan fingerprint density at radius 2 is 1.87 bits per heavy atom. The van der Waals surface area contributed by atoms with Gasteiger partial charge in [0.05, 0.1) is 36.6 Å². The highest BCUT2D eigenvalue weighted by Crippen LogP contribution is 2.27. The van der Waals surface area contributed by atoms with Crippen LogP contribution in [0, 0.1) is 0 Å². The molecule has 0 saturated heterocycles. The summed E-state index contributed by atoms with van der Waals surface area (Å²) in [6, 6.07) is 15.4. The number of hydrogen-bond donors (Lipinski definition) is 1. The SMILES string of the molecule is COC(=O)CCC/C(CCl)=N\NC1=Nc2ccccc2C(c2ccccc2Cl)=NC1. The van der Waals surface area contributed by atoms with Crippen LogP contribution in [0.2, 0.25) is 5.02 Å². The average Bonchev–Trinajstić information content (AvgIpc) is 2.95. The van der Waals surface area contributed by atoms with E-state index in [0.29, 0.717) is 36.7 Å². The van der Waals surface area contributed by atoms with Gasteiger partial charge in [0.25, 0.3) is 0 Å². The minimum absolute atomic E-state index is 0.247. The number of benzene rings is 2. The standard InChI is InChI=1S/C22H22Cl2N4O2/c1-30-21(29)12-6-7-15(13-23)27-28-20-14-25-22(16-8-2-4-10-18(16)24)17-9-3-5-11-19(17)26-20/h2-5,8-11H,6-7,12-14H2,1H3,(H,26,28)/b27-15+. The fraction of sp³-hybridized carbons (Fsp3) is 0.273. The van der Waals surface area contributed by atoms with E-state index < -0.39 is 0 Å². The maximum Gasteiger partial charge on any atom is 0.305 e. The highest BCUT2D eigenvalue weighted by Gasteiger charge is 2.17. The van der Waals surface area contributed by atoms with Crippen molar-refractivity contribution in [2.24, 2.45) is 15.1 Å². The van der Waals surface area contributed by atoms with Gasteiger partial charge in [-0.2, -0.15) is 5.10 Å². The molecular formula is C22H22Cl2N4O2. The molecule has 0 unspecified atom stereocenters. The second-order valence-electron chi connectivity index (χ2n) is 6.57. The first-order chi connectivity index (χ1) is 14.6. The number of ether oxygens (including phenoxy) is 1. The van der Waals surface area contributed by atoms with Crippen molar-refractivity contribution in [3.05, 3.63) is 64.7 Å². The van der Waals surface area contributed by atoms with Crippen LogP contribution in [0.15, 0.2) is 63.6 Å². The van der Waals surface area contributed by atoms with Crippen LogP contribution in [0.3, 0.4) is 0 Å². The molecule has 0 aliphatic carbocycles. The van der Waals surface area contributed by atoms with E-state index in [0.717, 1.165) is 28.2 Å². The lowest BCUT2D eigenvalue weighted by molar-refractivity contribution is -0.140. The third-order valence-electron chi connectivity index (χ3n) is 4.50. The van der Waals surface area contributed by atoms with Gasteiger partial charge in [0, 0.05) is 22.6 Å². The van der Waals surface area contributed by atoms with Gasteiger partial charge in [0.1, 0.15) is 5.84 Å². The molecule has 0 saturated carbocycles. The van der Waals surface area contributed by atoms with E-state index in [1.165, 1.54) is 7.11 Å². The average molecular weight is 445 g/mol. The van der Waals surface area contributed by atoms with Crippen molar-refractivity contribution in [2.45, 2.75) is 19.3 Å². The molecule has 0 bridgehead atoms. The van der Waals surface area contributed by atoms with Crippen molar-refractivity contribution in [3.63, 3.8) is 0 Å². The Bertz CT molecular complexity index is 1000. The number of para-hydroxylation sites is 1. The maximum absolute atomic E-state index is 11.3. The maximum atomic E-state index is 11.3. The Morgan fingerprint density at radius 3 is 2.60 bits per heavy atom. The van der Waals surface area contributed by atoms with Crippen molar-refractivity contribution in [2.75, 3.05) is 19.5 Å². The third-order valence-corrected chi connectivity index (χ3v) is 5.14. The molecule has 0 aromatic heterocycles. The molecule has 2 aromatic rings. The Balaban J connectivity index is 1.80. The number of esters is 1. The number of nitrogens with zero attached hydrogens (tertiary/aromatic N) is 3. The van der Waals surface area contributed by atoms with Crippen molar-refractivity contribution >= 4 is 52.1 Å². The zero-order chi connectivity index (χ0) is 21.3. The fourth-order valence-electron chi connectivity index (χ4n) is 2.97. The summed E-state index contributed by atoms with van der Waals surface area (Å²) in [6.45, 7) is 0.316. The van der Waals surface area contributed by atoms with Crippen LogP contribution in [-0.4, -0.2) is 42.8 Å². The topological polar surface area (TPSA) is 75.4 Å². The minimum Gasteiger partial charge on any atom is -0.469 e. The molecule has 30 heavy (non-hydrogen) atoms. The molecule has 156 valence electrons. The lowest BCUT2D eigenvalue weighted by Crippen LogP contribution is -2.23. The molecule has 1 N–H and O–H groups in total. The fourth-order valence-corrected chi connectivity index (χ4v) is 3.39.